The number of hydrogen-bond donors (Lipinski definition) is 2. The fraction of sp³-hybridized carbons (Fsp3) is 0.478. The zero-order chi connectivity index (χ0) is 20.9. The quantitative estimate of drug-likeness (QED) is 0.654. The smallest absolute Gasteiger partial charge is 0.216 e. The number of rotatable bonds is 7. The Hall–Kier alpha value is -2.05. The van der Waals surface area contributed by atoms with Crippen LogP contribution in [-0.2, 0) is 10.0 Å². The van der Waals surface area contributed by atoms with Gasteiger partial charge < -0.3 is 10.1 Å². The van der Waals surface area contributed by atoms with Crippen LogP contribution in [0.3, 0.4) is 0 Å². The van der Waals surface area contributed by atoms with Gasteiger partial charge in [0.25, 0.3) is 0 Å². The summed E-state index contributed by atoms with van der Waals surface area (Å²) in [6, 6.07) is 17.8. The first kappa shape index (κ1) is 21.7. The van der Waals surface area contributed by atoms with Gasteiger partial charge in [0.1, 0.15) is 11.5 Å². The van der Waals surface area contributed by atoms with Crippen molar-refractivity contribution < 1.29 is 13.2 Å². The molecule has 1 aliphatic carbocycles. The molecule has 158 valence electrons. The molecule has 29 heavy (non-hydrogen) atoms. The van der Waals surface area contributed by atoms with E-state index in [1.165, 1.54) is 0 Å². The van der Waals surface area contributed by atoms with Crippen molar-refractivity contribution >= 4 is 15.7 Å². The van der Waals surface area contributed by atoms with Gasteiger partial charge in [-0.25, -0.2) is 13.1 Å². The first-order valence-electron chi connectivity index (χ1n) is 10.3. The summed E-state index contributed by atoms with van der Waals surface area (Å²) in [6.07, 6.45) is 3.81. The van der Waals surface area contributed by atoms with Gasteiger partial charge in [-0.3, -0.25) is 0 Å². The molecule has 0 atom stereocenters. The second-order valence-electron chi connectivity index (χ2n) is 8.78. The second-order valence-corrected chi connectivity index (χ2v) is 11.2. The maximum absolute atomic E-state index is 12.3. The average Bonchev–Trinajstić information content (AvgIpc) is 2.67. The molecular weight excluding hydrogens is 384 g/mol. The van der Waals surface area contributed by atoms with Crippen LogP contribution in [0.4, 0.5) is 5.69 Å². The number of sulfonamides is 1. The van der Waals surface area contributed by atoms with Crippen molar-refractivity contribution in [2.45, 2.75) is 57.2 Å². The Morgan fingerprint density at radius 3 is 2.24 bits per heavy atom. The van der Waals surface area contributed by atoms with Gasteiger partial charge in [0.2, 0.25) is 10.0 Å². The molecule has 0 bridgehead atoms. The number of para-hydroxylation sites is 1. The summed E-state index contributed by atoms with van der Waals surface area (Å²) in [5.41, 5.74) is 1.04. The van der Waals surface area contributed by atoms with E-state index in [9.17, 15) is 8.42 Å². The Labute approximate surface area is 174 Å². The van der Waals surface area contributed by atoms with E-state index in [2.05, 4.69) is 10.0 Å². The van der Waals surface area contributed by atoms with Crippen molar-refractivity contribution in [3.8, 4) is 11.5 Å². The molecule has 0 aliphatic heterocycles. The van der Waals surface area contributed by atoms with Gasteiger partial charge in [-0.2, -0.15) is 0 Å². The van der Waals surface area contributed by atoms with Crippen LogP contribution in [-0.4, -0.2) is 25.8 Å². The lowest BCUT2D eigenvalue weighted by atomic mass is 9.86. The van der Waals surface area contributed by atoms with E-state index in [1.807, 2.05) is 54.6 Å². The van der Waals surface area contributed by atoms with Gasteiger partial charge in [0.15, 0.2) is 0 Å². The van der Waals surface area contributed by atoms with Crippen LogP contribution in [0.15, 0.2) is 54.6 Å². The van der Waals surface area contributed by atoms with Gasteiger partial charge in [-0.1, -0.05) is 24.3 Å². The summed E-state index contributed by atoms with van der Waals surface area (Å²) in [5, 5.41) is 3.51. The highest BCUT2D eigenvalue weighted by Crippen LogP contribution is 2.28. The third kappa shape index (κ3) is 6.21. The van der Waals surface area contributed by atoms with Crippen molar-refractivity contribution in [1.29, 1.82) is 0 Å². The van der Waals surface area contributed by atoms with E-state index in [1.54, 1.807) is 20.8 Å². The molecule has 0 aromatic heterocycles. The number of benzene rings is 2. The Morgan fingerprint density at radius 1 is 0.931 bits per heavy atom. The van der Waals surface area contributed by atoms with E-state index < -0.39 is 14.8 Å². The number of ether oxygens (including phenoxy) is 1. The van der Waals surface area contributed by atoms with E-state index in [0.29, 0.717) is 5.92 Å². The van der Waals surface area contributed by atoms with E-state index in [0.717, 1.165) is 49.4 Å². The van der Waals surface area contributed by atoms with Crippen LogP contribution in [0.5, 0.6) is 11.5 Å². The zero-order valence-corrected chi connectivity index (χ0v) is 18.3. The fourth-order valence-electron chi connectivity index (χ4n) is 3.44. The van der Waals surface area contributed by atoms with Crippen molar-refractivity contribution in [1.82, 2.24) is 4.72 Å². The molecule has 5 nitrogen and oxygen atoms in total. The molecule has 0 spiro atoms. The molecule has 2 aromatic carbocycles. The highest BCUT2D eigenvalue weighted by Gasteiger charge is 2.32. The van der Waals surface area contributed by atoms with Crippen molar-refractivity contribution in [3.05, 3.63) is 54.6 Å². The lowest BCUT2D eigenvalue weighted by Crippen LogP contribution is -2.46. The molecular formula is C23H32N2O3S. The molecule has 1 aliphatic rings. The third-order valence-electron chi connectivity index (χ3n) is 5.38. The maximum atomic E-state index is 12.3. The van der Waals surface area contributed by atoms with Crippen LogP contribution in [0, 0.1) is 5.92 Å². The van der Waals surface area contributed by atoms with Crippen LogP contribution >= 0.6 is 0 Å². The van der Waals surface area contributed by atoms with Crippen LogP contribution < -0.4 is 14.8 Å². The summed E-state index contributed by atoms with van der Waals surface area (Å²) in [7, 11) is -3.28. The minimum Gasteiger partial charge on any atom is -0.457 e. The first-order chi connectivity index (χ1) is 13.7. The van der Waals surface area contributed by atoms with Gasteiger partial charge >= 0.3 is 0 Å². The lowest BCUT2D eigenvalue weighted by Gasteiger charge is -2.31. The minimum atomic E-state index is -3.28. The molecule has 3 rings (SSSR count). The summed E-state index contributed by atoms with van der Waals surface area (Å²) < 4.78 is 32.7. The number of nitrogens with one attached hydrogen (secondary N) is 2. The summed E-state index contributed by atoms with van der Waals surface area (Å²) in [4.78, 5) is 0. The molecule has 0 saturated heterocycles. The predicted octanol–water partition coefficient (Wildman–Crippen LogP) is 5.17. The Kier molecular flexibility index (Phi) is 6.85. The third-order valence-corrected chi connectivity index (χ3v) is 7.64. The molecule has 0 unspecified atom stereocenters. The van der Waals surface area contributed by atoms with Gasteiger partial charge in [0.05, 0.1) is 4.75 Å². The molecule has 0 amide bonds. The SMILES string of the molecule is CC(C)(C)S(=O)(=O)NC1CCC(CNc2cccc(Oc3ccccc3)c2)CC1. The molecule has 0 radical (unpaired) electrons. The van der Waals surface area contributed by atoms with Gasteiger partial charge in [-0.15, -0.1) is 0 Å². The molecule has 2 N–H and O–H groups in total. The Balaban J connectivity index is 1.47. The van der Waals surface area contributed by atoms with E-state index >= 15 is 0 Å². The largest absolute Gasteiger partial charge is 0.457 e. The fourth-order valence-corrected chi connectivity index (χ4v) is 4.47. The van der Waals surface area contributed by atoms with Gasteiger partial charge in [0, 0.05) is 24.3 Å². The summed E-state index contributed by atoms with van der Waals surface area (Å²) >= 11 is 0. The lowest BCUT2D eigenvalue weighted by molar-refractivity contribution is 0.322. The first-order valence-corrected chi connectivity index (χ1v) is 11.8. The predicted molar refractivity (Wildman–Crippen MR) is 119 cm³/mol. The molecule has 6 heteroatoms. The van der Waals surface area contributed by atoms with E-state index in [4.69, 9.17) is 4.74 Å². The van der Waals surface area contributed by atoms with Crippen LogP contribution in [0.2, 0.25) is 0 Å². The molecule has 1 saturated carbocycles. The Morgan fingerprint density at radius 2 is 1.59 bits per heavy atom. The topological polar surface area (TPSA) is 67.4 Å². The highest BCUT2D eigenvalue weighted by atomic mass is 32.2. The molecule has 0 heterocycles. The maximum Gasteiger partial charge on any atom is 0.216 e. The van der Waals surface area contributed by atoms with Crippen molar-refractivity contribution in [3.63, 3.8) is 0 Å². The molecule has 2 aromatic rings. The van der Waals surface area contributed by atoms with Crippen LogP contribution in [0.1, 0.15) is 46.5 Å². The monoisotopic (exact) mass is 416 g/mol. The highest BCUT2D eigenvalue weighted by molar-refractivity contribution is 7.90. The van der Waals surface area contributed by atoms with Crippen molar-refractivity contribution in [2.24, 2.45) is 5.92 Å². The standard InChI is InChI=1S/C23H32N2O3S/c1-23(2,3)29(26,27)25-19-14-12-18(13-15-19)17-24-20-8-7-11-22(16-20)28-21-9-5-4-6-10-21/h4-11,16,18-19,24-25H,12-15,17H2,1-3H3. The van der Waals surface area contributed by atoms with Gasteiger partial charge in [-0.05, 0) is 76.6 Å². The zero-order valence-electron chi connectivity index (χ0n) is 17.5. The number of hydrogen-bond acceptors (Lipinski definition) is 4. The van der Waals surface area contributed by atoms with Crippen molar-refractivity contribution in [2.75, 3.05) is 11.9 Å². The summed E-state index contributed by atoms with van der Waals surface area (Å²) in [6.45, 7) is 6.09. The summed E-state index contributed by atoms with van der Waals surface area (Å²) in [5.74, 6) is 2.17. The average molecular weight is 417 g/mol. The second kappa shape index (κ2) is 9.18. The Bertz CT molecular complexity index is 884. The van der Waals surface area contributed by atoms with E-state index in [-0.39, 0.29) is 6.04 Å². The minimum absolute atomic E-state index is 0.0538. The number of anilines is 1. The normalized spacial score (nSPS) is 20.2. The van der Waals surface area contributed by atoms with Crippen LogP contribution in [0.25, 0.3) is 0 Å². The molecule has 1 fully saturated rings.